The zero-order chi connectivity index (χ0) is 13.1. The van der Waals surface area contributed by atoms with Crippen molar-refractivity contribution in [2.45, 2.75) is 39.5 Å². The van der Waals surface area contributed by atoms with Gasteiger partial charge in [0, 0.05) is 0 Å². The summed E-state index contributed by atoms with van der Waals surface area (Å²) in [5, 5.41) is 0. The van der Waals surface area contributed by atoms with Gasteiger partial charge < -0.3 is 0 Å². The minimum Gasteiger partial charge on any atom is -0.272 e. The minimum atomic E-state index is 0. The molecule has 2 aliphatic rings. The molecule has 0 N–H and O–H groups in total. The Morgan fingerprint density at radius 2 is 1.32 bits per heavy atom. The molecule has 0 bridgehead atoms. The fraction of sp³-hybridized carbons (Fsp3) is 0.333. The van der Waals surface area contributed by atoms with Crippen molar-refractivity contribution in [3.63, 3.8) is 0 Å². The zero-order valence-electron chi connectivity index (χ0n) is 11.9. The predicted octanol–water partition coefficient (Wildman–Crippen LogP) is 5.28. The van der Waals surface area contributed by atoms with Gasteiger partial charge in [0.2, 0.25) is 0 Å². The van der Waals surface area contributed by atoms with Crippen LogP contribution in [0.4, 0.5) is 0 Å². The fourth-order valence-electron chi connectivity index (χ4n) is 1.57. The molecule has 98 valence electrons. The third kappa shape index (κ3) is 8.95. The summed E-state index contributed by atoms with van der Waals surface area (Å²) in [6.45, 7) is 4.28. The van der Waals surface area contributed by atoms with E-state index in [0.29, 0.717) is 0 Å². The van der Waals surface area contributed by atoms with Crippen LogP contribution in [-0.2, 0) is 26.2 Å². The Morgan fingerprint density at radius 1 is 0.895 bits per heavy atom. The quantitative estimate of drug-likeness (QED) is 0.615. The van der Waals surface area contributed by atoms with E-state index in [0.717, 1.165) is 25.7 Å². The van der Waals surface area contributed by atoms with Gasteiger partial charge in [-0.2, -0.15) is 23.3 Å². The molecule has 0 spiro atoms. The van der Waals surface area contributed by atoms with E-state index in [1.54, 1.807) is 0 Å². The zero-order valence-corrected chi connectivity index (χ0v) is 14.4. The van der Waals surface area contributed by atoms with Crippen LogP contribution in [0.5, 0.6) is 0 Å². The van der Waals surface area contributed by atoms with Gasteiger partial charge in [-0.1, -0.05) is 13.8 Å². The first kappa shape index (κ1) is 18.3. The average Bonchev–Trinajstić information content (AvgIpc) is 3.07. The van der Waals surface area contributed by atoms with Crippen molar-refractivity contribution in [1.29, 1.82) is 0 Å². The first-order chi connectivity index (χ1) is 8.86. The molecule has 0 saturated carbocycles. The van der Waals surface area contributed by atoms with Gasteiger partial charge in [0.1, 0.15) is 0 Å². The summed E-state index contributed by atoms with van der Waals surface area (Å²) in [6, 6.07) is 0. The molecule has 0 aromatic heterocycles. The van der Waals surface area contributed by atoms with Crippen LogP contribution >= 0.6 is 0 Å². The van der Waals surface area contributed by atoms with Gasteiger partial charge in [0.05, 0.1) is 0 Å². The summed E-state index contributed by atoms with van der Waals surface area (Å²) in [5.41, 5.74) is 2.61. The normalized spacial score (nSPS) is 16.3. The van der Waals surface area contributed by atoms with Crippen LogP contribution in [0.25, 0.3) is 0 Å². The van der Waals surface area contributed by atoms with Crippen LogP contribution in [0.3, 0.4) is 0 Å². The minimum absolute atomic E-state index is 0. The van der Waals surface area contributed by atoms with E-state index >= 15 is 0 Å². The molecule has 0 aromatic carbocycles. The average molecular weight is 330 g/mol. The molecule has 0 radical (unpaired) electrons. The second kappa shape index (κ2) is 12.4. The number of rotatable bonds is 4. The number of allylic oxidation sites excluding steroid dienone is 12. The Labute approximate surface area is 137 Å². The summed E-state index contributed by atoms with van der Waals surface area (Å²) in [4.78, 5) is 0. The van der Waals surface area contributed by atoms with Gasteiger partial charge in [0.15, 0.2) is 0 Å². The Kier molecular flexibility index (Phi) is 11.9. The molecule has 0 nitrogen and oxygen atoms in total. The molecule has 0 aliphatic heterocycles. The number of hydrogen-bond acceptors (Lipinski definition) is 0. The van der Waals surface area contributed by atoms with Crippen LogP contribution < -0.4 is 0 Å². The monoisotopic (exact) mass is 328 g/mol. The standard InChI is InChI=1S/2C9H11.Zr/c2*1-2-3-6-9-7-4-5-8-9;/h2*3,6-8H,2,4H2,1H3;/q2*-1;+2. The molecule has 0 aromatic rings. The van der Waals surface area contributed by atoms with Crippen LogP contribution in [0.2, 0.25) is 0 Å². The molecular weight excluding hydrogens is 307 g/mol. The summed E-state index contributed by atoms with van der Waals surface area (Å²) in [7, 11) is 0. The van der Waals surface area contributed by atoms with Gasteiger partial charge >= 0.3 is 26.2 Å². The Hall–Kier alpha value is -0.677. The van der Waals surface area contributed by atoms with Gasteiger partial charge in [-0.25, -0.2) is 12.2 Å². The molecule has 2 rings (SSSR count). The van der Waals surface area contributed by atoms with Gasteiger partial charge in [-0.05, 0) is 12.8 Å². The predicted molar refractivity (Wildman–Crippen MR) is 79.9 cm³/mol. The molecule has 0 fully saturated rings. The van der Waals surface area contributed by atoms with E-state index in [1.165, 1.54) is 11.1 Å². The molecule has 2 aliphatic carbocycles. The maximum atomic E-state index is 3.11. The number of hydrogen-bond donors (Lipinski definition) is 0. The Bertz CT molecular complexity index is 363. The maximum absolute atomic E-state index is 3.11. The van der Waals surface area contributed by atoms with Gasteiger partial charge in [-0.15, -0.1) is 37.1 Å². The SMILES string of the molecule is CCC=CC1=CC[C-]=C1.CCC=CC1=CC[C-]=C1.[Zr+2]. The smallest absolute Gasteiger partial charge is 0.272 e. The maximum Gasteiger partial charge on any atom is 2.00 e. The van der Waals surface area contributed by atoms with Crippen molar-refractivity contribution < 1.29 is 26.2 Å². The molecule has 0 heterocycles. The van der Waals surface area contributed by atoms with E-state index in [4.69, 9.17) is 0 Å². The fourth-order valence-corrected chi connectivity index (χ4v) is 1.57. The van der Waals surface area contributed by atoms with Crippen LogP contribution in [0.15, 0.2) is 59.8 Å². The van der Waals surface area contributed by atoms with Crippen LogP contribution in [-0.4, -0.2) is 0 Å². The van der Waals surface area contributed by atoms with Crippen molar-refractivity contribution in [1.82, 2.24) is 0 Å². The van der Waals surface area contributed by atoms with E-state index in [1.807, 2.05) is 12.2 Å². The summed E-state index contributed by atoms with van der Waals surface area (Å²) in [5.74, 6) is 0. The molecule has 0 atom stereocenters. The molecule has 0 saturated heterocycles. The second-order valence-electron chi connectivity index (χ2n) is 4.13. The van der Waals surface area contributed by atoms with Crippen molar-refractivity contribution >= 4 is 0 Å². The van der Waals surface area contributed by atoms with Gasteiger partial charge in [-0.3, -0.25) is 12.2 Å². The van der Waals surface area contributed by atoms with E-state index in [2.05, 4.69) is 62.5 Å². The van der Waals surface area contributed by atoms with Crippen molar-refractivity contribution in [3.05, 3.63) is 71.9 Å². The van der Waals surface area contributed by atoms with Gasteiger partial charge in [0.25, 0.3) is 0 Å². The first-order valence-electron chi connectivity index (χ1n) is 6.73. The first-order valence-corrected chi connectivity index (χ1v) is 6.73. The topological polar surface area (TPSA) is 0 Å². The molecular formula is C18H22Zr. The molecule has 1 heteroatoms. The molecule has 0 unspecified atom stereocenters. The Morgan fingerprint density at radius 3 is 1.58 bits per heavy atom. The molecule has 19 heavy (non-hydrogen) atoms. The van der Waals surface area contributed by atoms with E-state index in [9.17, 15) is 0 Å². The van der Waals surface area contributed by atoms with Crippen molar-refractivity contribution in [2.75, 3.05) is 0 Å². The van der Waals surface area contributed by atoms with Crippen LogP contribution in [0.1, 0.15) is 39.5 Å². The summed E-state index contributed by atoms with van der Waals surface area (Å²) < 4.78 is 0. The van der Waals surface area contributed by atoms with E-state index < -0.39 is 0 Å². The van der Waals surface area contributed by atoms with Crippen molar-refractivity contribution in [3.8, 4) is 0 Å². The molecule has 0 amide bonds. The largest absolute Gasteiger partial charge is 2.00 e. The summed E-state index contributed by atoms with van der Waals surface area (Å²) >= 11 is 0. The van der Waals surface area contributed by atoms with Crippen LogP contribution in [0, 0.1) is 12.2 Å². The van der Waals surface area contributed by atoms with E-state index in [-0.39, 0.29) is 26.2 Å². The third-order valence-electron chi connectivity index (χ3n) is 2.54. The second-order valence-corrected chi connectivity index (χ2v) is 4.13. The Balaban J connectivity index is 0.000000324. The summed E-state index contributed by atoms with van der Waals surface area (Å²) in [6.07, 6.45) is 27.5. The van der Waals surface area contributed by atoms with Crippen molar-refractivity contribution in [2.24, 2.45) is 0 Å². The third-order valence-corrected chi connectivity index (χ3v) is 2.54.